The van der Waals surface area contributed by atoms with Gasteiger partial charge in [-0.05, 0) is 20.3 Å². The number of pyridine rings is 1. The van der Waals surface area contributed by atoms with E-state index >= 15 is 0 Å². The first-order valence-electron chi connectivity index (χ1n) is 7.73. The van der Waals surface area contributed by atoms with Crippen molar-refractivity contribution in [1.82, 2.24) is 24.5 Å². The Morgan fingerprint density at radius 3 is 2.79 bits per heavy atom. The highest BCUT2D eigenvalue weighted by Gasteiger charge is 2.15. The molecule has 24 heavy (non-hydrogen) atoms. The summed E-state index contributed by atoms with van der Waals surface area (Å²) < 4.78 is 7.73. The smallest absolute Gasteiger partial charge is 0.223 e. The predicted octanol–water partition coefficient (Wildman–Crippen LogP) is 2.91. The van der Waals surface area contributed by atoms with Crippen molar-refractivity contribution in [3.63, 3.8) is 0 Å². The average molecular weight is 347 g/mol. The third-order valence-corrected chi connectivity index (χ3v) is 4.02. The third kappa shape index (κ3) is 2.99. The second kappa shape index (κ2) is 6.60. The van der Waals surface area contributed by atoms with E-state index in [1.54, 1.807) is 6.33 Å². The maximum Gasteiger partial charge on any atom is 0.223 e. The van der Waals surface area contributed by atoms with E-state index in [-0.39, 0.29) is 11.1 Å². The van der Waals surface area contributed by atoms with Gasteiger partial charge in [-0.15, -0.1) is 0 Å². The number of ether oxygens (including phenoxy) is 1. The average Bonchev–Trinajstić information content (AvgIpc) is 2.93. The van der Waals surface area contributed by atoms with Gasteiger partial charge in [0.2, 0.25) is 5.95 Å². The van der Waals surface area contributed by atoms with E-state index < -0.39 is 0 Å². The quantitative estimate of drug-likeness (QED) is 0.714. The van der Waals surface area contributed by atoms with Crippen LogP contribution in [0.15, 0.2) is 12.5 Å². The molecule has 3 aromatic rings. The van der Waals surface area contributed by atoms with E-state index in [1.807, 2.05) is 24.6 Å². The summed E-state index contributed by atoms with van der Waals surface area (Å²) >= 11 is 6.07. The minimum absolute atomic E-state index is 0.120. The number of aromatic nitrogens is 5. The fourth-order valence-electron chi connectivity index (χ4n) is 2.55. The van der Waals surface area contributed by atoms with Gasteiger partial charge in [-0.25, -0.2) is 4.98 Å². The summed E-state index contributed by atoms with van der Waals surface area (Å²) in [5, 5.41) is 0.247. The Morgan fingerprint density at radius 1 is 1.25 bits per heavy atom. The first kappa shape index (κ1) is 16.4. The summed E-state index contributed by atoms with van der Waals surface area (Å²) in [4.78, 5) is 17.0. The van der Waals surface area contributed by atoms with Crippen LogP contribution in [-0.4, -0.2) is 31.1 Å². The van der Waals surface area contributed by atoms with Gasteiger partial charge >= 0.3 is 0 Å². The topological polar surface area (TPSA) is 91.7 Å². The number of hydrogen-bond acceptors (Lipinski definition) is 6. The number of nitrogen functional groups attached to an aromatic ring is 1. The first-order chi connectivity index (χ1) is 11.5. The van der Waals surface area contributed by atoms with Crippen LogP contribution in [0.3, 0.4) is 0 Å². The van der Waals surface area contributed by atoms with Crippen molar-refractivity contribution in [2.45, 2.75) is 33.7 Å². The standard InChI is InChI=1S/C16H19ClN6O/c1-4-5-24-13-9(2)6-19-11(10(13)3)7-23-8-20-12-14(17)21-16(18)22-15(12)23/h6,8H,4-5,7H2,1-3H3,(H2,18,21,22). The molecule has 0 saturated carbocycles. The molecule has 0 spiro atoms. The lowest BCUT2D eigenvalue weighted by Gasteiger charge is -2.14. The summed E-state index contributed by atoms with van der Waals surface area (Å²) in [7, 11) is 0. The molecule has 3 heterocycles. The Hall–Kier alpha value is -2.41. The highest BCUT2D eigenvalue weighted by molar-refractivity contribution is 6.33. The molecule has 0 aliphatic rings. The van der Waals surface area contributed by atoms with Gasteiger partial charge in [-0.1, -0.05) is 18.5 Å². The molecule has 0 aliphatic carbocycles. The van der Waals surface area contributed by atoms with Crippen LogP contribution in [-0.2, 0) is 6.54 Å². The number of rotatable bonds is 5. The fraction of sp³-hybridized carbons (Fsp3) is 0.375. The minimum Gasteiger partial charge on any atom is -0.493 e. The molecule has 3 rings (SSSR count). The Bertz CT molecular complexity index is 892. The zero-order valence-electron chi connectivity index (χ0n) is 13.9. The van der Waals surface area contributed by atoms with Crippen LogP contribution in [0, 0.1) is 13.8 Å². The number of fused-ring (bicyclic) bond motifs is 1. The van der Waals surface area contributed by atoms with Crippen molar-refractivity contribution in [2.75, 3.05) is 12.3 Å². The van der Waals surface area contributed by atoms with Crippen molar-refractivity contribution >= 4 is 28.7 Å². The zero-order valence-corrected chi connectivity index (χ0v) is 14.6. The summed E-state index contributed by atoms with van der Waals surface area (Å²) in [5.41, 5.74) is 9.73. The molecule has 0 fully saturated rings. The number of imidazole rings is 1. The molecule has 0 radical (unpaired) electrons. The molecule has 0 saturated heterocycles. The largest absolute Gasteiger partial charge is 0.493 e. The van der Waals surface area contributed by atoms with Crippen molar-refractivity contribution in [3.05, 3.63) is 34.5 Å². The predicted molar refractivity (Wildman–Crippen MR) is 93.3 cm³/mol. The van der Waals surface area contributed by atoms with Gasteiger partial charge in [0.05, 0.1) is 25.2 Å². The van der Waals surface area contributed by atoms with Crippen molar-refractivity contribution < 1.29 is 4.74 Å². The van der Waals surface area contributed by atoms with Gasteiger partial charge in [-0.2, -0.15) is 9.97 Å². The van der Waals surface area contributed by atoms with Gasteiger partial charge in [0, 0.05) is 17.3 Å². The van der Waals surface area contributed by atoms with Crippen molar-refractivity contribution in [3.8, 4) is 5.75 Å². The Kier molecular flexibility index (Phi) is 4.53. The summed E-state index contributed by atoms with van der Waals surface area (Å²) in [6.45, 7) is 7.26. The van der Waals surface area contributed by atoms with Crippen LogP contribution < -0.4 is 10.5 Å². The number of nitrogens with zero attached hydrogens (tertiary/aromatic N) is 5. The van der Waals surface area contributed by atoms with Gasteiger partial charge in [-0.3, -0.25) is 4.98 Å². The molecule has 3 aromatic heterocycles. The number of halogens is 1. The van der Waals surface area contributed by atoms with Crippen LogP contribution in [0.1, 0.15) is 30.2 Å². The van der Waals surface area contributed by atoms with Gasteiger partial charge in [0.25, 0.3) is 0 Å². The molecule has 0 unspecified atom stereocenters. The van der Waals surface area contributed by atoms with Gasteiger partial charge < -0.3 is 15.0 Å². The number of hydrogen-bond donors (Lipinski definition) is 1. The van der Waals surface area contributed by atoms with Crippen molar-refractivity contribution in [2.24, 2.45) is 0 Å². The number of anilines is 1. The summed E-state index contributed by atoms with van der Waals surface area (Å²) in [6.07, 6.45) is 4.44. The van der Waals surface area contributed by atoms with Crippen LogP contribution >= 0.6 is 11.6 Å². The monoisotopic (exact) mass is 346 g/mol. The molecule has 8 heteroatoms. The summed E-state index contributed by atoms with van der Waals surface area (Å²) in [5.74, 6) is 1.01. The maximum atomic E-state index is 6.07. The van der Waals surface area contributed by atoms with E-state index in [4.69, 9.17) is 22.1 Å². The highest BCUT2D eigenvalue weighted by atomic mass is 35.5. The van der Waals surface area contributed by atoms with E-state index in [9.17, 15) is 0 Å². The molecular formula is C16H19ClN6O. The van der Waals surface area contributed by atoms with Crippen molar-refractivity contribution in [1.29, 1.82) is 0 Å². The number of nitrogens with two attached hydrogens (primary N) is 1. The minimum atomic E-state index is 0.120. The Balaban J connectivity index is 2.00. The molecule has 7 nitrogen and oxygen atoms in total. The molecule has 2 N–H and O–H groups in total. The second-order valence-electron chi connectivity index (χ2n) is 5.61. The van der Waals surface area contributed by atoms with Crippen LogP contribution in [0.4, 0.5) is 5.95 Å². The molecule has 0 amide bonds. The van der Waals surface area contributed by atoms with Crippen LogP contribution in [0.2, 0.25) is 5.15 Å². The van der Waals surface area contributed by atoms with Crippen LogP contribution in [0.25, 0.3) is 11.2 Å². The SMILES string of the molecule is CCCOc1c(C)cnc(Cn2cnc3c(Cl)nc(N)nc32)c1C. The Labute approximate surface area is 144 Å². The fourth-order valence-corrected chi connectivity index (χ4v) is 2.77. The summed E-state index contributed by atoms with van der Waals surface area (Å²) in [6, 6.07) is 0. The lowest BCUT2D eigenvalue weighted by atomic mass is 10.1. The first-order valence-corrected chi connectivity index (χ1v) is 8.10. The van der Waals surface area contributed by atoms with Gasteiger partial charge in [0.1, 0.15) is 11.3 Å². The van der Waals surface area contributed by atoms with Gasteiger partial charge in [0.15, 0.2) is 10.8 Å². The van der Waals surface area contributed by atoms with E-state index in [2.05, 4.69) is 26.9 Å². The molecule has 0 aromatic carbocycles. The Morgan fingerprint density at radius 2 is 2.04 bits per heavy atom. The van der Waals surface area contributed by atoms with Crippen LogP contribution in [0.5, 0.6) is 5.75 Å². The zero-order chi connectivity index (χ0) is 17.3. The van der Waals surface area contributed by atoms with E-state index in [0.717, 1.165) is 29.0 Å². The second-order valence-corrected chi connectivity index (χ2v) is 5.97. The molecular weight excluding hydrogens is 328 g/mol. The molecule has 0 aliphatic heterocycles. The lowest BCUT2D eigenvalue weighted by molar-refractivity contribution is 0.312. The third-order valence-electron chi connectivity index (χ3n) is 3.75. The van der Waals surface area contributed by atoms with E-state index in [0.29, 0.717) is 24.3 Å². The molecule has 126 valence electrons. The lowest BCUT2D eigenvalue weighted by Crippen LogP contribution is -2.08. The maximum absolute atomic E-state index is 6.07. The normalized spacial score (nSPS) is 11.2. The molecule has 0 atom stereocenters. The highest BCUT2D eigenvalue weighted by Crippen LogP contribution is 2.26. The van der Waals surface area contributed by atoms with E-state index in [1.165, 1.54) is 0 Å². The molecule has 0 bridgehead atoms. The number of aryl methyl sites for hydroxylation is 1.